The number of para-hydroxylation sites is 1. The normalized spacial score (nSPS) is 12.2. The predicted octanol–water partition coefficient (Wildman–Crippen LogP) is 1.06. The second kappa shape index (κ2) is 5.46. The van der Waals surface area contributed by atoms with Crippen molar-refractivity contribution in [1.82, 2.24) is 0 Å². The van der Waals surface area contributed by atoms with Gasteiger partial charge in [-0.15, -0.1) is 0 Å². The molecular weight excluding hydrogens is 211 g/mol. The Labute approximate surface area is 93.5 Å². The Hall–Kier alpha value is -1.62. The van der Waals surface area contributed by atoms with Crippen LogP contribution in [0.3, 0.4) is 0 Å². The molecule has 0 bridgehead atoms. The lowest BCUT2D eigenvalue weighted by Gasteiger charge is -2.20. The number of halogens is 1. The minimum atomic E-state index is -1.04. The maximum Gasteiger partial charge on any atom is 0.320 e. The molecule has 1 aromatic rings. The van der Waals surface area contributed by atoms with E-state index in [1.807, 2.05) is 0 Å². The number of rotatable bonds is 5. The van der Waals surface area contributed by atoms with Crippen LogP contribution in [0.15, 0.2) is 24.3 Å². The summed E-state index contributed by atoms with van der Waals surface area (Å²) < 4.78 is 13.3. The van der Waals surface area contributed by atoms with Gasteiger partial charge in [-0.25, -0.2) is 4.39 Å². The minimum Gasteiger partial charge on any atom is -0.480 e. The highest BCUT2D eigenvalue weighted by Gasteiger charge is 2.13. The van der Waals surface area contributed by atoms with E-state index >= 15 is 0 Å². The zero-order valence-electron chi connectivity index (χ0n) is 9.06. The quantitative estimate of drug-likeness (QED) is 0.788. The summed E-state index contributed by atoms with van der Waals surface area (Å²) in [5, 5.41) is 8.60. The van der Waals surface area contributed by atoms with E-state index in [2.05, 4.69) is 0 Å². The minimum absolute atomic E-state index is 0.278. The number of carboxylic acids is 1. The molecule has 0 fully saturated rings. The van der Waals surface area contributed by atoms with Crippen molar-refractivity contribution in [2.75, 3.05) is 18.5 Å². The Morgan fingerprint density at radius 2 is 2.19 bits per heavy atom. The Morgan fingerprint density at radius 3 is 2.75 bits per heavy atom. The molecule has 0 saturated carbocycles. The molecule has 16 heavy (non-hydrogen) atoms. The summed E-state index contributed by atoms with van der Waals surface area (Å²) >= 11 is 0. The second-order valence-corrected chi connectivity index (χ2v) is 3.61. The number of hydrogen-bond acceptors (Lipinski definition) is 3. The van der Waals surface area contributed by atoms with Crippen LogP contribution < -0.4 is 10.6 Å². The first kappa shape index (κ1) is 12.4. The van der Waals surface area contributed by atoms with Gasteiger partial charge in [0.1, 0.15) is 11.9 Å². The van der Waals surface area contributed by atoms with Crippen LogP contribution in [-0.4, -0.2) is 30.7 Å². The first-order valence-electron chi connectivity index (χ1n) is 4.96. The first-order chi connectivity index (χ1) is 7.52. The van der Waals surface area contributed by atoms with Crippen LogP contribution in [0.2, 0.25) is 0 Å². The Balaban J connectivity index is 2.56. The number of benzene rings is 1. The van der Waals surface area contributed by atoms with E-state index < -0.39 is 12.0 Å². The lowest BCUT2D eigenvalue weighted by molar-refractivity contribution is -0.138. The monoisotopic (exact) mass is 226 g/mol. The van der Waals surface area contributed by atoms with E-state index in [1.165, 1.54) is 6.07 Å². The molecule has 0 radical (unpaired) electrons. The summed E-state index contributed by atoms with van der Waals surface area (Å²) in [4.78, 5) is 12.1. The van der Waals surface area contributed by atoms with E-state index in [-0.39, 0.29) is 12.2 Å². The highest BCUT2D eigenvalue weighted by molar-refractivity contribution is 5.73. The van der Waals surface area contributed by atoms with Crippen LogP contribution in [0.4, 0.5) is 10.1 Å². The van der Waals surface area contributed by atoms with Crippen LogP contribution in [-0.2, 0) is 4.79 Å². The summed E-state index contributed by atoms with van der Waals surface area (Å²) in [6.45, 7) is 0.397. The third kappa shape index (κ3) is 3.20. The largest absolute Gasteiger partial charge is 0.480 e. The Kier molecular flexibility index (Phi) is 4.25. The lowest BCUT2D eigenvalue weighted by Crippen LogP contribution is -2.34. The number of aliphatic carboxylic acids is 1. The van der Waals surface area contributed by atoms with E-state index in [0.29, 0.717) is 12.2 Å². The fourth-order valence-electron chi connectivity index (χ4n) is 1.34. The van der Waals surface area contributed by atoms with Crippen molar-refractivity contribution < 1.29 is 14.3 Å². The van der Waals surface area contributed by atoms with Crippen LogP contribution in [0.25, 0.3) is 0 Å². The van der Waals surface area contributed by atoms with Gasteiger partial charge in [-0.3, -0.25) is 4.79 Å². The molecule has 0 aliphatic heterocycles. The van der Waals surface area contributed by atoms with Gasteiger partial charge in [0, 0.05) is 13.6 Å². The summed E-state index contributed by atoms with van der Waals surface area (Å²) in [7, 11) is 1.70. The van der Waals surface area contributed by atoms with Gasteiger partial charge in [-0.2, -0.15) is 0 Å². The molecule has 0 amide bonds. The number of carboxylic acid groups (broad SMARTS) is 1. The molecule has 1 aromatic carbocycles. The highest BCUT2D eigenvalue weighted by atomic mass is 19.1. The summed E-state index contributed by atoms with van der Waals surface area (Å²) in [6.07, 6.45) is 0.278. The molecule has 4 nitrogen and oxygen atoms in total. The van der Waals surface area contributed by atoms with Crippen LogP contribution in [0.5, 0.6) is 0 Å². The number of anilines is 1. The molecule has 3 N–H and O–H groups in total. The van der Waals surface area contributed by atoms with Gasteiger partial charge in [-0.05, 0) is 18.6 Å². The van der Waals surface area contributed by atoms with Crippen molar-refractivity contribution in [2.45, 2.75) is 12.5 Å². The SMILES string of the molecule is CN(CCC(N)C(=O)O)c1ccccc1F. The molecule has 1 atom stereocenters. The van der Waals surface area contributed by atoms with Gasteiger partial charge in [0.05, 0.1) is 5.69 Å². The number of hydrogen-bond donors (Lipinski definition) is 2. The summed E-state index contributed by atoms with van der Waals surface area (Å²) in [5.74, 6) is -1.36. The zero-order valence-corrected chi connectivity index (χ0v) is 9.06. The fourth-order valence-corrected chi connectivity index (χ4v) is 1.34. The van der Waals surface area contributed by atoms with Crippen molar-refractivity contribution in [3.8, 4) is 0 Å². The van der Waals surface area contributed by atoms with Crippen molar-refractivity contribution in [1.29, 1.82) is 0 Å². The average Bonchev–Trinajstić information content (AvgIpc) is 2.25. The zero-order chi connectivity index (χ0) is 12.1. The van der Waals surface area contributed by atoms with Gasteiger partial charge >= 0.3 is 5.97 Å². The molecule has 0 spiro atoms. The van der Waals surface area contributed by atoms with Gasteiger partial charge in [0.25, 0.3) is 0 Å². The van der Waals surface area contributed by atoms with Gasteiger partial charge in [0.2, 0.25) is 0 Å². The van der Waals surface area contributed by atoms with Crippen molar-refractivity contribution in [3.63, 3.8) is 0 Å². The number of nitrogens with two attached hydrogens (primary N) is 1. The average molecular weight is 226 g/mol. The lowest BCUT2D eigenvalue weighted by atomic mass is 10.2. The van der Waals surface area contributed by atoms with Crippen LogP contribution in [0.1, 0.15) is 6.42 Å². The smallest absolute Gasteiger partial charge is 0.320 e. The molecule has 0 aliphatic carbocycles. The Bertz CT molecular complexity index is 371. The molecule has 0 aliphatic rings. The molecular formula is C11H15FN2O2. The fraction of sp³-hybridized carbons (Fsp3) is 0.364. The maximum atomic E-state index is 13.3. The van der Waals surface area contributed by atoms with E-state index in [9.17, 15) is 9.18 Å². The van der Waals surface area contributed by atoms with Crippen LogP contribution >= 0.6 is 0 Å². The molecule has 0 heterocycles. The topological polar surface area (TPSA) is 66.6 Å². The molecule has 5 heteroatoms. The first-order valence-corrected chi connectivity index (χ1v) is 4.96. The van der Waals surface area contributed by atoms with E-state index in [4.69, 9.17) is 10.8 Å². The van der Waals surface area contributed by atoms with Crippen molar-refractivity contribution >= 4 is 11.7 Å². The van der Waals surface area contributed by atoms with Crippen molar-refractivity contribution in [3.05, 3.63) is 30.1 Å². The third-order valence-electron chi connectivity index (χ3n) is 2.36. The van der Waals surface area contributed by atoms with Gasteiger partial charge in [-0.1, -0.05) is 12.1 Å². The van der Waals surface area contributed by atoms with Gasteiger partial charge in [0.15, 0.2) is 0 Å². The predicted molar refractivity (Wildman–Crippen MR) is 59.9 cm³/mol. The molecule has 0 saturated heterocycles. The summed E-state index contributed by atoms with van der Waals surface area (Å²) in [6, 6.07) is 5.43. The maximum absolute atomic E-state index is 13.3. The molecule has 1 unspecified atom stereocenters. The van der Waals surface area contributed by atoms with Crippen molar-refractivity contribution in [2.24, 2.45) is 5.73 Å². The van der Waals surface area contributed by atoms with Gasteiger partial charge < -0.3 is 15.7 Å². The van der Waals surface area contributed by atoms with Crippen LogP contribution in [0, 0.1) is 5.82 Å². The Morgan fingerprint density at radius 1 is 1.56 bits per heavy atom. The number of nitrogens with zero attached hydrogens (tertiary/aromatic N) is 1. The third-order valence-corrected chi connectivity index (χ3v) is 2.36. The molecule has 1 rings (SSSR count). The van der Waals surface area contributed by atoms with E-state index in [1.54, 1.807) is 30.1 Å². The van der Waals surface area contributed by atoms with E-state index in [0.717, 1.165) is 0 Å². The molecule has 0 aromatic heterocycles. The number of carbonyl (C=O) groups is 1. The highest BCUT2D eigenvalue weighted by Crippen LogP contribution is 2.17. The molecule has 88 valence electrons. The standard InChI is InChI=1S/C11H15FN2O2/c1-14(7-6-9(13)11(15)16)10-5-3-2-4-8(10)12/h2-5,9H,6-7,13H2,1H3,(H,15,16). The summed E-state index contributed by atoms with van der Waals surface area (Å²) in [5.41, 5.74) is 5.81. The second-order valence-electron chi connectivity index (χ2n) is 3.61.